The van der Waals surface area contributed by atoms with Crippen LogP contribution in [0.4, 0.5) is 4.79 Å². The van der Waals surface area contributed by atoms with E-state index in [1.807, 2.05) is 0 Å². The lowest BCUT2D eigenvalue weighted by molar-refractivity contribution is 0.125. The Morgan fingerprint density at radius 1 is 1.42 bits per heavy atom. The fourth-order valence-electron chi connectivity index (χ4n) is 2.84. The number of amidine groups is 1. The molecule has 3 heterocycles. The van der Waals surface area contributed by atoms with Crippen molar-refractivity contribution in [2.24, 2.45) is 10.9 Å². The molecule has 0 bridgehead atoms. The third-order valence-corrected chi connectivity index (χ3v) is 5.03. The molecule has 3 aliphatic heterocycles. The van der Waals surface area contributed by atoms with Crippen LogP contribution < -0.4 is 0 Å². The highest BCUT2D eigenvalue weighted by molar-refractivity contribution is 8.17. The van der Waals surface area contributed by atoms with E-state index in [0.29, 0.717) is 19.0 Å². The van der Waals surface area contributed by atoms with E-state index in [-0.39, 0.29) is 0 Å². The second-order valence-corrected chi connectivity index (χ2v) is 6.42. The molecule has 0 radical (unpaired) electrons. The molecule has 0 aromatic rings. The monoisotopic (exact) mass is 281 g/mol. The molecule has 0 unspecified atom stereocenters. The molecule has 5 nitrogen and oxygen atoms in total. The van der Waals surface area contributed by atoms with Crippen molar-refractivity contribution in [1.29, 1.82) is 0 Å². The second-order valence-electron chi connectivity index (χ2n) is 5.33. The SMILES string of the molecule is O=C(O)N1CCC(CC2=CN3CCCN=C3S2)CC1. The molecule has 0 atom stereocenters. The standard InChI is InChI=1S/C13H19N3O2S/c17-13(18)15-6-2-10(3-7-15)8-11-9-16-5-1-4-14-12(16)19-11/h9-10H,1-8H2,(H,17,18). The van der Waals surface area contributed by atoms with Crippen molar-refractivity contribution in [2.75, 3.05) is 26.2 Å². The van der Waals surface area contributed by atoms with Gasteiger partial charge in [-0.2, -0.15) is 0 Å². The number of hydrogen-bond acceptors (Lipinski definition) is 4. The van der Waals surface area contributed by atoms with E-state index in [9.17, 15) is 4.79 Å². The van der Waals surface area contributed by atoms with Crippen LogP contribution in [0.25, 0.3) is 0 Å². The van der Waals surface area contributed by atoms with Crippen molar-refractivity contribution in [3.8, 4) is 0 Å². The summed E-state index contributed by atoms with van der Waals surface area (Å²) < 4.78 is 0. The summed E-state index contributed by atoms with van der Waals surface area (Å²) >= 11 is 1.80. The maximum Gasteiger partial charge on any atom is 0.407 e. The molecule has 6 heteroatoms. The smallest absolute Gasteiger partial charge is 0.407 e. The maximum absolute atomic E-state index is 10.9. The van der Waals surface area contributed by atoms with E-state index in [1.54, 1.807) is 11.8 Å². The number of piperidine rings is 1. The molecule has 1 saturated heterocycles. The summed E-state index contributed by atoms with van der Waals surface area (Å²) in [6, 6.07) is 0. The molecule has 3 aliphatic rings. The molecule has 19 heavy (non-hydrogen) atoms. The maximum atomic E-state index is 10.9. The summed E-state index contributed by atoms with van der Waals surface area (Å²) in [5.74, 6) is 0.622. The van der Waals surface area contributed by atoms with Crippen molar-refractivity contribution in [3.05, 3.63) is 11.1 Å². The fraction of sp³-hybridized carbons (Fsp3) is 0.692. The molecule has 0 aromatic carbocycles. The molecule has 1 N–H and O–H groups in total. The summed E-state index contributed by atoms with van der Waals surface area (Å²) in [6.45, 7) is 3.41. The average Bonchev–Trinajstić information content (AvgIpc) is 2.81. The number of amides is 1. The van der Waals surface area contributed by atoms with Crippen LogP contribution in [0.3, 0.4) is 0 Å². The highest BCUT2D eigenvalue weighted by Gasteiger charge is 2.27. The molecule has 0 spiro atoms. The second kappa shape index (κ2) is 5.45. The van der Waals surface area contributed by atoms with Gasteiger partial charge in [0.15, 0.2) is 5.17 Å². The number of carbonyl (C=O) groups is 1. The highest BCUT2D eigenvalue weighted by Crippen LogP contribution is 2.36. The van der Waals surface area contributed by atoms with Crippen molar-refractivity contribution >= 4 is 23.0 Å². The minimum atomic E-state index is -0.778. The molecule has 0 aliphatic carbocycles. The predicted octanol–water partition coefficient (Wildman–Crippen LogP) is 2.42. The van der Waals surface area contributed by atoms with Crippen LogP contribution in [-0.4, -0.2) is 52.3 Å². The van der Waals surface area contributed by atoms with E-state index in [0.717, 1.165) is 43.9 Å². The summed E-state index contributed by atoms with van der Waals surface area (Å²) in [7, 11) is 0. The van der Waals surface area contributed by atoms with Gasteiger partial charge in [-0.3, -0.25) is 4.99 Å². The first-order valence-electron chi connectivity index (χ1n) is 6.90. The summed E-state index contributed by atoms with van der Waals surface area (Å²) in [5.41, 5.74) is 0. The largest absolute Gasteiger partial charge is 0.465 e. The normalized spacial score (nSPS) is 24.0. The van der Waals surface area contributed by atoms with Gasteiger partial charge in [0.2, 0.25) is 0 Å². The van der Waals surface area contributed by atoms with Gasteiger partial charge >= 0.3 is 6.09 Å². The van der Waals surface area contributed by atoms with Crippen LogP contribution in [0.1, 0.15) is 25.7 Å². The van der Waals surface area contributed by atoms with Gasteiger partial charge < -0.3 is 14.9 Å². The Bertz CT molecular complexity index is 428. The minimum absolute atomic E-state index is 0.622. The lowest BCUT2D eigenvalue weighted by atomic mass is 9.93. The third kappa shape index (κ3) is 2.88. The number of rotatable bonds is 2. The molecule has 1 fully saturated rings. The molecular weight excluding hydrogens is 262 g/mol. The minimum Gasteiger partial charge on any atom is -0.465 e. The Morgan fingerprint density at radius 2 is 2.21 bits per heavy atom. The van der Waals surface area contributed by atoms with Crippen LogP contribution in [-0.2, 0) is 0 Å². The number of fused-ring (bicyclic) bond motifs is 1. The van der Waals surface area contributed by atoms with Crippen LogP contribution in [0.5, 0.6) is 0 Å². The Hall–Kier alpha value is -1.17. The number of aliphatic imine (C=N–C) groups is 1. The lowest BCUT2D eigenvalue weighted by Gasteiger charge is -2.29. The quantitative estimate of drug-likeness (QED) is 0.844. The van der Waals surface area contributed by atoms with Gasteiger partial charge in [0, 0.05) is 37.3 Å². The molecule has 3 rings (SSSR count). The van der Waals surface area contributed by atoms with Crippen LogP contribution in [0, 0.1) is 5.92 Å². The Morgan fingerprint density at radius 3 is 2.89 bits per heavy atom. The zero-order chi connectivity index (χ0) is 13.2. The van der Waals surface area contributed by atoms with Crippen molar-refractivity contribution in [2.45, 2.75) is 25.7 Å². The third-order valence-electron chi connectivity index (χ3n) is 3.95. The van der Waals surface area contributed by atoms with Crippen LogP contribution >= 0.6 is 11.8 Å². The Balaban J connectivity index is 1.52. The Kier molecular flexibility index (Phi) is 3.68. The fourth-order valence-corrected chi connectivity index (χ4v) is 3.99. The van der Waals surface area contributed by atoms with Gasteiger partial charge in [-0.05, 0) is 31.6 Å². The topological polar surface area (TPSA) is 56.1 Å². The molecule has 104 valence electrons. The number of likely N-dealkylation sites (tertiary alicyclic amines) is 1. The van der Waals surface area contributed by atoms with E-state index < -0.39 is 6.09 Å². The summed E-state index contributed by atoms with van der Waals surface area (Å²) in [6.07, 6.45) is 5.65. The first-order valence-corrected chi connectivity index (χ1v) is 7.71. The highest BCUT2D eigenvalue weighted by atomic mass is 32.2. The van der Waals surface area contributed by atoms with E-state index in [1.165, 1.54) is 9.81 Å². The van der Waals surface area contributed by atoms with E-state index in [4.69, 9.17) is 5.11 Å². The molecular formula is C13H19N3O2S. The van der Waals surface area contributed by atoms with Crippen molar-refractivity contribution < 1.29 is 9.90 Å². The lowest BCUT2D eigenvalue weighted by Crippen LogP contribution is -2.37. The Labute approximate surface area is 117 Å². The first-order chi connectivity index (χ1) is 9.22. The number of hydrogen-bond donors (Lipinski definition) is 1. The number of thioether (sulfide) groups is 1. The molecule has 1 amide bonds. The predicted molar refractivity (Wildman–Crippen MR) is 76.2 cm³/mol. The number of nitrogens with zero attached hydrogens (tertiary/aromatic N) is 3. The molecule has 0 saturated carbocycles. The van der Waals surface area contributed by atoms with Gasteiger partial charge in [-0.25, -0.2) is 4.79 Å². The van der Waals surface area contributed by atoms with Crippen LogP contribution in [0.2, 0.25) is 0 Å². The summed E-state index contributed by atoms with van der Waals surface area (Å²) in [4.78, 5) is 20.6. The average molecular weight is 281 g/mol. The van der Waals surface area contributed by atoms with Gasteiger partial charge in [0.1, 0.15) is 0 Å². The van der Waals surface area contributed by atoms with E-state index >= 15 is 0 Å². The van der Waals surface area contributed by atoms with Crippen molar-refractivity contribution in [1.82, 2.24) is 9.80 Å². The number of carboxylic acid groups (broad SMARTS) is 1. The van der Waals surface area contributed by atoms with Gasteiger partial charge in [0.25, 0.3) is 0 Å². The van der Waals surface area contributed by atoms with Gasteiger partial charge in [0.05, 0.1) is 0 Å². The van der Waals surface area contributed by atoms with Crippen LogP contribution in [0.15, 0.2) is 16.1 Å². The molecule has 0 aromatic heterocycles. The van der Waals surface area contributed by atoms with Gasteiger partial charge in [-0.15, -0.1) is 0 Å². The first kappa shape index (κ1) is 12.8. The van der Waals surface area contributed by atoms with Crippen molar-refractivity contribution in [3.63, 3.8) is 0 Å². The van der Waals surface area contributed by atoms with Gasteiger partial charge in [-0.1, -0.05) is 11.8 Å². The number of allylic oxidation sites excluding steroid dienone is 1. The zero-order valence-electron chi connectivity index (χ0n) is 10.9. The van der Waals surface area contributed by atoms with E-state index in [2.05, 4.69) is 16.1 Å². The zero-order valence-corrected chi connectivity index (χ0v) is 11.7. The summed E-state index contributed by atoms with van der Waals surface area (Å²) in [5, 5.41) is 10.1.